The maximum absolute atomic E-state index is 6.99. The van der Waals surface area contributed by atoms with Gasteiger partial charge in [0.25, 0.3) is 20.8 Å². The lowest BCUT2D eigenvalue weighted by atomic mass is 10.0. The Balaban J connectivity index is 2.22. The molecule has 3 rings (SSSR count). The highest BCUT2D eigenvalue weighted by Gasteiger charge is 2.72. The van der Waals surface area contributed by atoms with Gasteiger partial charge in [0.15, 0.2) is 0 Å². The zero-order valence-corrected chi connectivity index (χ0v) is 19.8. The van der Waals surface area contributed by atoms with Gasteiger partial charge in [-0.2, -0.15) is 0 Å². The molecule has 0 aliphatic carbocycles. The van der Waals surface area contributed by atoms with Gasteiger partial charge in [-0.15, -0.1) is 66.5 Å². The second-order valence-corrected chi connectivity index (χ2v) is 25.5. The largest absolute Gasteiger partial charge is 0.276 e. The summed E-state index contributed by atoms with van der Waals surface area (Å²) < 4.78 is 0. The van der Waals surface area contributed by atoms with Crippen LogP contribution in [0.15, 0.2) is 60.7 Å². The molecular formula is C15H13Cl6Si3. The standard InChI is InChI=1S/C15H13Cl6Si3/c16-22(17)15-23(18,19)13(11-7-3-1-4-8-11)14(24(15,20)21)12-9-5-2-6-10-12/h1-10,13-15H. The topological polar surface area (TPSA) is 0 Å². The normalized spacial score (nSPS) is 28.2. The van der Waals surface area contributed by atoms with Crippen LogP contribution < -0.4 is 0 Å². The Morgan fingerprint density at radius 1 is 0.625 bits per heavy atom. The van der Waals surface area contributed by atoms with Gasteiger partial charge in [0.05, 0.1) is 0 Å². The van der Waals surface area contributed by atoms with Crippen molar-refractivity contribution in [2.24, 2.45) is 0 Å². The van der Waals surface area contributed by atoms with E-state index in [1.807, 2.05) is 60.7 Å². The SMILES string of the molecule is Cl[Si](Cl)C1[Si](Cl)(Cl)C(c2ccccc2)C(c2ccccc2)[Si]1(Cl)Cl. The third kappa shape index (κ3) is 3.37. The number of hydrogen-bond donors (Lipinski definition) is 0. The summed E-state index contributed by atoms with van der Waals surface area (Å²) in [6.45, 7) is -5.92. The molecule has 0 aromatic heterocycles. The highest BCUT2D eigenvalue weighted by atomic mass is 35.7. The number of benzene rings is 2. The van der Waals surface area contributed by atoms with E-state index in [9.17, 15) is 0 Å². The third-order valence-electron chi connectivity index (χ3n) is 4.47. The fourth-order valence-corrected chi connectivity index (χ4v) is 41.5. The summed E-state index contributed by atoms with van der Waals surface area (Å²) >= 11 is 40.7. The Morgan fingerprint density at radius 3 is 1.25 bits per heavy atom. The van der Waals surface area contributed by atoms with Crippen molar-refractivity contribution in [2.75, 3.05) is 0 Å². The second-order valence-electron chi connectivity index (χ2n) is 5.85. The van der Waals surface area contributed by atoms with E-state index in [-0.39, 0.29) is 15.9 Å². The molecule has 1 aliphatic rings. The lowest BCUT2D eigenvalue weighted by molar-refractivity contribution is 0.866. The molecule has 1 heterocycles. The predicted octanol–water partition coefficient (Wildman–Crippen LogP) is 6.90. The average Bonchev–Trinajstić information content (AvgIpc) is 2.70. The van der Waals surface area contributed by atoms with Crippen LogP contribution >= 0.6 is 66.5 Å². The second kappa shape index (κ2) is 7.45. The minimum atomic E-state index is -2.96. The summed E-state index contributed by atoms with van der Waals surface area (Å²) in [4.78, 5) is -0.347. The molecule has 2 atom stereocenters. The molecule has 2 aromatic rings. The summed E-state index contributed by atoms with van der Waals surface area (Å²) in [5, 5.41) is 0. The van der Waals surface area contributed by atoms with Gasteiger partial charge in [0.2, 0.25) is 0 Å². The van der Waals surface area contributed by atoms with Crippen molar-refractivity contribution in [1.29, 1.82) is 0 Å². The Labute approximate surface area is 173 Å². The van der Waals surface area contributed by atoms with E-state index in [1.165, 1.54) is 0 Å². The van der Waals surface area contributed by atoms with E-state index in [1.54, 1.807) is 0 Å². The van der Waals surface area contributed by atoms with E-state index in [2.05, 4.69) is 0 Å². The van der Waals surface area contributed by atoms with Crippen LogP contribution in [0.4, 0.5) is 0 Å². The summed E-state index contributed by atoms with van der Waals surface area (Å²) in [6, 6.07) is 19.9. The Bertz CT molecular complexity index is 637. The molecule has 1 saturated heterocycles. The molecule has 9 heteroatoms. The van der Waals surface area contributed by atoms with Crippen molar-refractivity contribution in [3.8, 4) is 0 Å². The summed E-state index contributed by atoms with van der Waals surface area (Å²) in [6.07, 6.45) is 0. The van der Waals surface area contributed by atoms with Gasteiger partial charge in [-0.25, -0.2) is 0 Å². The van der Waals surface area contributed by atoms with Crippen molar-refractivity contribution in [3.63, 3.8) is 0 Å². The lowest BCUT2D eigenvalue weighted by Crippen LogP contribution is -2.41. The molecule has 0 saturated carbocycles. The molecule has 24 heavy (non-hydrogen) atoms. The highest BCUT2D eigenvalue weighted by Crippen LogP contribution is 2.67. The molecule has 1 radical (unpaired) electrons. The molecule has 0 N–H and O–H groups in total. The van der Waals surface area contributed by atoms with E-state index in [0.717, 1.165) is 11.1 Å². The summed E-state index contributed by atoms with van der Waals surface area (Å²) in [7, 11) is -1.86. The molecule has 0 amide bonds. The molecule has 0 spiro atoms. The van der Waals surface area contributed by atoms with Crippen LogP contribution in [0.1, 0.15) is 22.2 Å². The summed E-state index contributed by atoms with van der Waals surface area (Å²) in [5.41, 5.74) is 1.85. The van der Waals surface area contributed by atoms with Gasteiger partial charge in [-0.05, 0) is 11.1 Å². The Morgan fingerprint density at radius 2 is 0.958 bits per heavy atom. The monoisotopic (exact) mass is 487 g/mol. The lowest BCUT2D eigenvalue weighted by Gasteiger charge is -2.28. The van der Waals surface area contributed by atoms with Crippen LogP contribution in [-0.4, -0.2) is 20.8 Å². The third-order valence-corrected chi connectivity index (χ3v) is 30.3. The van der Waals surface area contributed by atoms with Gasteiger partial charge in [0.1, 0.15) is 0 Å². The first-order chi connectivity index (χ1) is 11.3. The minimum absolute atomic E-state index is 0.131. The maximum atomic E-state index is 6.99. The molecule has 2 aromatic carbocycles. The van der Waals surface area contributed by atoms with Crippen molar-refractivity contribution >= 4 is 87.3 Å². The number of hydrogen-bond acceptors (Lipinski definition) is 0. The quantitative estimate of drug-likeness (QED) is 0.325. The van der Waals surface area contributed by atoms with E-state index >= 15 is 0 Å². The van der Waals surface area contributed by atoms with E-state index in [0.29, 0.717) is 0 Å². The van der Waals surface area contributed by atoms with Gasteiger partial charge in [-0.3, -0.25) is 0 Å². The van der Waals surface area contributed by atoms with E-state index < -0.39 is 20.8 Å². The van der Waals surface area contributed by atoms with Gasteiger partial charge in [-0.1, -0.05) is 60.7 Å². The molecule has 1 fully saturated rings. The average molecular weight is 490 g/mol. The number of rotatable bonds is 3. The zero-order valence-electron chi connectivity index (χ0n) is 12.3. The fourth-order valence-electron chi connectivity index (χ4n) is 3.50. The molecular weight excluding hydrogens is 477 g/mol. The predicted molar refractivity (Wildman–Crippen MR) is 114 cm³/mol. The van der Waals surface area contributed by atoms with Crippen molar-refractivity contribution in [1.82, 2.24) is 0 Å². The first kappa shape index (κ1) is 19.6. The smallest absolute Gasteiger partial charge is 0.147 e. The first-order valence-corrected chi connectivity index (χ1v) is 19.3. The van der Waals surface area contributed by atoms with Crippen LogP contribution in [0.25, 0.3) is 0 Å². The fraction of sp³-hybridized carbons (Fsp3) is 0.200. The molecule has 127 valence electrons. The Hall–Kier alpha value is 0.831. The van der Waals surface area contributed by atoms with Gasteiger partial charge >= 0.3 is 0 Å². The number of halogens is 6. The van der Waals surface area contributed by atoms with E-state index in [4.69, 9.17) is 66.5 Å². The van der Waals surface area contributed by atoms with Crippen molar-refractivity contribution in [2.45, 2.75) is 15.9 Å². The molecule has 2 unspecified atom stereocenters. The minimum Gasteiger partial charge on any atom is -0.147 e. The van der Waals surface area contributed by atoms with Crippen molar-refractivity contribution < 1.29 is 0 Å². The first-order valence-electron chi connectivity index (χ1n) is 7.31. The van der Waals surface area contributed by atoms with Gasteiger partial charge < -0.3 is 0 Å². The van der Waals surface area contributed by atoms with Crippen molar-refractivity contribution in [3.05, 3.63) is 71.8 Å². The van der Waals surface area contributed by atoms with Crippen LogP contribution in [0.2, 0.25) is 4.79 Å². The van der Waals surface area contributed by atoms with Gasteiger partial charge in [0, 0.05) is 15.9 Å². The van der Waals surface area contributed by atoms with Crippen LogP contribution in [0.5, 0.6) is 0 Å². The maximum Gasteiger partial charge on any atom is 0.276 e. The van der Waals surface area contributed by atoms with Crippen LogP contribution in [0, 0.1) is 0 Å². The zero-order chi connectivity index (χ0) is 17.5. The molecule has 0 nitrogen and oxygen atoms in total. The highest BCUT2D eigenvalue weighted by molar-refractivity contribution is 7.67. The Kier molecular flexibility index (Phi) is 6.08. The molecule has 1 aliphatic heterocycles. The molecule has 0 bridgehead atoms. The van der Waals surface area contributed by atoms with Crippen LogP contribution in [-0.2, 0) is 0 Å². The summed E-state index contributed by atoms with van der Waals surface area (Å²) in [5.74, 6) is 0. The van der Waals surface area contributed by atoms with Crippen LogP contribution in [0.3, 0.4) is 0 Å².